The van der Waals surface area contributed by atoms with Crippen LogP contribution in [0.15, 0.2) is 40.9 Å². The zero-order valence-electron chi connectivity index (χ0n) is 16.7. The van der Waals surface area contributed by atoms with Crippen LogP contribution in [-0.2, 0) is 0 Å². The molecule has 2 aromatic carbocycles. The normalized spacial score (nSPS) is 13.3. The molecule has 0 aromatic heterocycles. The van der Waals surface area contributed by atoms with Crippen LogP contribution in [0, 0.1) is 0 Å². The Balaban J connectivity index is 1.71. The minimum absolute atomic E-state index is 0.0386. The molecule has 2 amide bonds. The quantitative estimate of drug-likeness (QED) is 0.647. The number of anilines is 1. The summed E-state index contributed by atoms with van der Waals surface area (Å²) in [6.45, 7) is 4.20. The average Bonchev–Trinajstić information content (AvgIpc) is 3.27. The second-order valence-corrected chi connectivity index (χ2v) is 7.72. The van der Waals surface area contributed by atoms with Crippen LogP contribution in [-0.4, -0.2) is 43.5 Å². The lowest BCUT2D eigenvalue weighted by atomic mass is 10.1. The van der Waals surface area contributed by atoms with E-state index in [4.69, 9.17) is 9.47 Å². The van der Waals surface area contributed by atoms with E-state index in [0.29, 0.717) is 39.4 Å². The third-order valence-electron chi connectivity index (χ3n) is 4.73. The summed E-state index contributed by atoms with van der Waals surface area (Å²) >= 11 is 3.45. The van der Waals surface area contributed by atoms with Gasteiger partial charge in [0, 0.05) is 29.9 Å². The van der Waals surface area contributed by atoms with E-state index in [2.05, 4.69) is 21.2 Å². The van der Waals surface area contributed by atoms with Crippen LogP contribution in [0.5, 0.6) is 11.5 Å². The second-order valence-electron chi connectivity index (χ2n) is 6.87. The molecule has 3 rings (SSSR count). The third kappa shape index (κ3) is 5.09. The lowest BCUT2D eigenvalue weighted by Crippen LogP contribution is -2.27. The van der Waals surface area contributed by atoms with Gasteiger partial charge in [-0.2, -0.15) is 0 Å². The molecule has 0 saturated carbocycles. The molecular weight excluding hydrogens is 436 g/mol. The van der Waals surface area contributed by atoms with Crippen molar-refractivity contribution in [2.75, 3.05) is 32.1 Å². The number of nitrogens with zero attached hydrogens (tertiary/aromatic N) is 1. The molecule has 0 aliphatic carbocycles. The first-order valence-electron chi connectivity index (χ1n) is 9.74. The van der Waals surface area contributed by atoms with E-state index in [1.165, 1.54) is 0 Å². The van der Waals surface area contributed by atoms with Crippen LogP contribution in [0.1, 0.15) is 46.9 Å². The number of ether oxygens (including phenoxy) is 2. The molecule has 29 heavy (non-hydrogen) atoms. The molecule has 0 atom stereocenters. The number of likely N-dealkylation sites (tertiary alicyclic amines) is 1. The predicted octanol–water partition coefficient (Wildman–Crippen LogP) is 4.73. The summed E-state index contributed by atoms with van der Waals surface area (Å²) in [5.74, 6) is 0.835. The molecule has 1 saturated heterocycles. The van der Waals surface area contributed by atoms with Crippen LogP contribution < -0.4 is 14.8 Å². The summed E-state index contributed by atoms with van der Waals surface area (Å²) in [7, 11) is 1.54. The molecule has 6 nitrogen and oxygen atoms in total. The Morgan fingerprint density at radius 2 is 1.79 bits per heavy atom. The van der Waals surface area contributed by atoms with Gasteiger partial charge in [0.15, 0.2) is 11.5 Å². The molecular formula is C22H25BrN2O4. The highest BCUT2D eigenvalue weighted by Gasteiger charge is 2.20. The number of rotatable bonds is 7. The van der Waals surface area contributed by atoms with E-state index < -0.39 is 0 Å². The van der Waals surface area contributed by atoms with Crippen LogP contribution in [0.2, 0.25) is 0 Å². The number of benzene rings is 2. The molecule has 1 aliphatic heterocycles. The predicted molar refractivity (Wildman–Crippen MR) is 116 cm³/mol. The van der Waals surface area contributed by atoms with Crippen LogP contribution >= 0.6 is 15.9 Å². The molecule has 0 unspecified atom stereocenters. The summed E-state index contributed by atoms with van der Waals surface area (Å²) in [6.07, 6.45) is 2.98. The molecule has 1 aliphatic rings. The largest absolute Gasteiger partial charge is 0.493 e. The first kappa shape index (κ1) is 21.2. The molecule has 154 valence electrons. The van der Waals surface area contributed by atoms with Gasteiger partial charge in [-0.05, 0) is 71.6 Å². The molecule has 1 heterocycles. The average molecular weight is 461 g/mol. The van der Waals surface area contributed by atoms with E-state index in [9.17, 15) is 9.59 Å². The van der Waals surface area contributed by atoms with E-state index in [1.54, 1.807) is 43.5 Å². The minimum Gasteiger partial charge on any atom is -0.493 e. The van der Waals surface area contributed by atoms with Crippen molar-refractivity contribution in [1.82, 2.24) is 4.90 Å². The van der Waals surface area contributed by atoms with Crippen molar-refractivity contribution in [3.63, 3.8) is 0 Å². The molecule has 0 spiro atoms. The zero-order valence-corrected chi connectivity index (χ0v) is 18.3. The Bertz CT molecular complexity index is 877. The maximum Gasteiger partial charge on any atom is 0.255 e. The summed E-state index contributed by atoms with van der Waals surface area (Å²) in [6, 6.07) is 10.3. The van der Waals surface area contributed by atoms with E-state index in [0.717, 1.165) is 32.4 Å². The van der Waals surface area contributed by atoms with Gasteiger partial charge in [0.05, 0.1) is 18.2 Å². The Labute approximate surface area is 179 Å². The number of carbonyl (C=O) groups excluding carboxylic acids is 2. The number of methoxy groups -OCH3 is 1. The second kappa shape index (κ2) is 9.78. The number of halogens is 1. The monoisotopic (exact) mass is 460 g/mol. The van der Waals surface area contributed by atoms with Gasteiger partial charge in [0.1, 0.15) is 0 Å². The fourth-order valence-electron chi connectivity index (χ4n) is 3.20. The topological polar surface area (TPSA) is 67.9 Å². The fourth-order valence-corrected chi connectivity index (χ4v) is 3.75. The lowest BCUT2D eigenvalue weighted by molar-refractivity contribution is 0.0792. The summed E-state index contributed by atoms with van der Waals surface area (Å²) in [4.78, 5) is 27.0. The smallest absolute Gasteiger partial charge is 0.255 e. The number of nitrogens with one attached hydrogen (secondary N) is 1. The van der Waals surface area contributed by atoms with E-state index in [-0.39, 0.29) is 11.8 Å². The van der Waals surface area contributed by atoms with Crippen LogP contribution in [0.3, 0.4) is 0 Å². The summed E-state index contributed by atoms with van der Waals surface area (Å²) < 4.78 is 11.7. The van der Waals surface area contributed by atoms with E-state index in [1.807, 2.05) is 11.8 Å². The number of hydrogen-bond acceptors (Lipinski definition) is 4. The van der Waals surface area contributed by atoms with Crippen molar-refractivity contribution in [3.05, 3.63) is 52.0 Å². The first-order valence-corrected chi connectivity index (χ1v) is 10.5. The Kier molecular flexibility index (Phi) is 7.14. The van der Waals surface area contributed by atoms with Crippen molar-refractivity contribution >= 4 is 33.4 Å². The Morgan fingerprint density at radius 3 is 2.41 bits per heavy atom. The van der Waals surface area contributed by atoms with Crippen molar-refractivity contribution in [2.24, 2.45) is 0 Å². The Morgan fingerprint density at radius 1 is 1.10 bits per heavy atom. The highest BCUT2D eigenvalue weighted by atomic mass is 79.9. The molecule has 7 heteroatoms. The van der Waals surface area contributed by atoms with Gasteiger partial charge in [0.2, 0.25) is 0 Å². The minimum atomic E-state index is -0.273. The highest BCUT2D eigenvalue weighted by molar-refractivity contribution is 9.10. The summed E-state index contributed by atoms with van der Waals surface area (Å²) in [5.41, 5.74) is 1.69. The Hall–Kier alpha value is -2.54. The van der Waals surface area contributed by atoms with Crippen LogP contribution in [0.4, 0.5) is 5.69 Å². The number of carbonyl (C=O) groups is 2. The molecule has 2 aromatic rings. The maximum atomic E-state index is 12.7. The first-order chi connectivity index (χ1) is 14.0. The molecule has 0 bridgehead atoms. The van der Waals surface area contributed by atoms with Gasteiger partial charge in [0.25, 0.3) is 11.8 Å². The zero-order chi connectivity index (χ0) is 20.8. The van der Waals surface area contributed by atoms with Crippen molar-refractivity contribution in [3.8, 4) is 11.5 Å². The van der Waals surface area contributed by atoms with Gasteiger partial charge >= 0.3 is 0 Å². The van der Waals surface area contributed by atoms with E-state index >= 15 is 0 Å². The van der Waals surface area contributed by atoms with Gasteiger partial charge in [-0.25, -0.2) is 0 Å². The summed E-state index contributed by atoms with van der Waals surface area (Å²) in [5, 5.41) is 2.85. The molecule has 1 N–H and O–H groups in total. The standard InChI is InChI=1S/C22H25BrN2O4/c1-3-12-29-20-18(23)13-16(14-19(20)28-2)21(26)24-17-8-6-15(7-9-17)22(27)25-10-4-5-11-25/h6-9,13-14H,3-5,10-12H2,1-2H3,(H,24,26). The van der Waals surface area contributed by atoms with Gasteiger partial charge in [-0.3, -0.25) is 9.59 Å². The van der Waals surface area contributed by atoms with Gasteiger partial charge in [-0.15, -0.1) is 0 Å². The fraction of sp³-hybridized carbons (Fsp3) is 0.364. The van der Waals surface area contributed by atoms with Crippen molar-refractivity contribution in [2.45, 2.75) is 26.2 Å². The van der Waals surface area contributed by atoms with Crippen molar-refractivity contribution in [1.29, 1.82) is 0 Å². The highest BCUT2D eigenvalue weighted by Crippen LogP contribution is 2.37. The van der Waals surface area contributed by atoms with Crippen molar-refractivity contribution < 1.29 is 19.1 Å². The molecule has 1 fully saturated rings. The van der Waals surface area contributed by atoms with Gasteiger partial charge < -0.3 is 19.7 Å². The SMILES string of the molecule is CCCOc1c(Br)cc(C(=O)Nc2ccc(C(=O)N3CCCC3)cc2)cc1OC. The number of hydrogen-bond donors (Lipinski definition) is 1. The lowest BCUT2D eigenvalue weighted by Gasteiger charge is -2.16. The maximum absolute atomic E-state index is 12.7. The van der Waals surface area contributed by atoms with Crippen LogP contribution in [0.25, 0.3) is 0 Å². The number of amides is 2. The third-order valence-corrected chi connectivity index (χ3v) is 5.31. The molecule has 0 radical (unpaired) electrons. The van der Waals surface area contributed by atoms with Gasteiger partial charge in [-0.1, -0.05) is 6.92 Å².